The summed E-state index contributed by atoms with van der Waals surface area (Å²) in [6, 6.07) is -0.265. The predicted molar refractivity (Wildman–Crippen MR) is 102 cm³/mol. The van der Waals surface area contributed by atoms with E-state index in [1.54, 1.807) is 18.4 Å². The van der Waals surface area contributed by atoms with Crippen LogP contribution in [0.25, 0.3) is 0 Å². The second kappa shape index (κ2) is 9.27. The van der Waals surface area contributed by atoms with Gasteiger partial charge < -0.3 is 19.5 Å². The Balaban J connectivity index is 1.64. The zero-order valence-electron chi connectivity index (χ0n) is 16.2. The summed E-state index contributed by atoms with van der Waals surface area (Å²) in [6.07, 6.45) is 4.37. The number of thiazole rings is 1. The van der Waals surface area contributed by atoms with Gasteiger partial charge in [0.2, 0.25) is 5.89 Å². The monoisotopic (exact) mass is 393 g/mol. The fourth-order valence-corrected chi connectivity index (χ4v) is 4.14. The van der Waals surface area contributed by atoms with E-state index in [1.165, 1.54) is 0 Å². The molecule has 8 nitrogen and oxygen atoms in total. The Labute approximate surface area is 163 Å². The van der Waals surface area contributed by atoms with Gasteiger partial charge in [0.1, 0.15) is 6.04 Å². The van der Waals surface area contributed by atoms with E-state index in [1.807, 2.05) is 11.8 Å². The molecule has 2 amide bonds. The van der Waals surface area contributed by atoms with Crippen LogP contribution in [0.15, 0.2) is 4.52 Å². The lowest BCUT2D eigenvalue weighted by Crippen LogP contribution is -2.44. The van der Waals surface area contributed by atoms with Crippen molar-refractivity contribution in [2.24, 2.45) is 0 Å². The van der Waals surface area contributed by atoms with E-state index < -0.39 is 0 Å². The van der Waals surface area contributed by atoms with Gasteiger partial charge in [0.05, 0.1) is 23.9 Å². The molecular formula is C18H27N5O3S. The minimum absolute atomic E-state index is 0.0952. The molecule has 0 saturated carbocycles. The molecule has 0 radical (unpaired) electrons. The largest absolute Gasteiger partial charge is 0.384 e. The van der Waals surface area contributed by atoms with Crippen LogP contribution in [-0.4, -0.2) is 46.3 Å². The molecule has 3 rings (SSSR count). The van der Waals surface area contributed by atoms with Crippen molar-refractivity contribution in [3.05, 3.63) is 27.3 Å². The number of hydrogen-bond acceptors (Lipinski definition) is 7. The first-order valence-electron chi connectivity index (χ1n) is 9.43. The Morgan fingerprint density at radius 2 is 2.26 bits per heavy atom. The lowest BCUT2D eigenvalue weighted by atomic mass is 10.0. The molecule has 148 valence electrons. The van der Waals surface area contributed by atoms with E-state index in [2.05, 4.69) is 27.4 Å². The van der Waals surface area contributed by atoms with E-state index in [4.69, 9.17) is 9.26 Å². The fourth-order valence-electron chi connectivity index (χ4n) is 3.19. The highest BCUT2D eigenvalue weighted by molar-refractivity contribution is 7.11. The normalized spacial score (nSPS) is 17.3. The average molecular weight is 394 g/mol. The van der Waals surface area contributed by atoms with Crippen LogP contribution >= 0.6 is 11.3 Å². The number of carbonyl (C=O) groups is 1. The number of rotatable bonds is 7. The van der Waals surface area contributed by atoms with Crippen LogP contribution in [0, 0.1) is 6.92 Å². The predicted octanol–water partition coefficient (Wildman–Crippen LogP) is 3.02. The highest BCUT2D eigenvalue weighted by Gasteiger charge is 2.32. The SMILES string of the molecule is CCc1nc(C)c(CNC(=O)N2CCCC[C@@H]2c2nc(CCOC)no2)s1. The van der Waals surface area contributed by atoms with Gasteiger partial charge in [-0.2, -0.15) is 4.98 Å². The van der Waals surface area contributed by atoms with Crippen LogP contribution in [0.3, 0.4) is 0 Å². The van der Waals surface area contributed by atoms with E-state index in [0.717, 1.165) is 41.3 Å². The highest BCUT2D eigenvalue weighted by atomic mass is 32.1. The molecule has 0 unspecified atom stereocenters. The minimum atomic E-state index is -0.170. The Morgan fingerprint density at radius 3 is 3.00 bits per heavy atom. The number of amides is 2. The Morgan fingerprint density at radius 1 is 1.41 bits per heavy atom. The van der Waals surface area contributed by atoms with Gasteiger partial charge in [-0.05, 0) is 32.6 Å². The number of nitrogens with one attached hydrogen (secondary N) is 1. The summed E-state index contributed by atoms with van der Waals surface area (Å²) in [6.45, 7) is 5.80. The van der Waals surface area contributed by atoms with Gasteiger partial charge in [-0.15, -0.1) is 11.3 Å². The molecule has 1 N–H and O–H groups in total. The molecule has 1 atom stereocenters. The van der Waals surface area contributed by atoms with Gasteiger partial charge in [-0.1, -0.05) is 12.1 Å². The van der Waals surface area contributed by atoms with Crippen LogP contribution in [0.4, 0.5) is 4.79 Å². The third-order valence-corrected chi connectivity index (χ3v) is 6.00. The molecule has 3 heterocycles. The first kappa shape index (κ1) is 19.8. The number of carbonyl (C=O) groups excluding carboxylic acids is 1. The molecule has 9 heteroatoms. The highest BCUT2D eigenvalue weighted by Crippen LogP contribution is 2.30. The smallest absolute Gasteiger partial charge is 0.318 e. The van der Waals surface area contributed by atoms with Crippen LogP contribution in [-0.2, 0) is 24.1 Å². The van der Waals surface area contributed by atoms with Crippen molar-refractivity contribution in [1.29, 1.82) is 0 Å². The maximum atomic E-state index is 12.8. The molecule has 0 spiro atoms. The van der Waals surface area contributed by atoms with Crippen molar-refractivity contribution in [3.63, 3.8) is 0 Å². The summed E-state index contributed by atoms with van der Waals surface area (Å²) in [4.78, 5) is 24.7. The first-order valence-corrected chi connectivity index (χ1v) is 10.2. The molecule has 0 aromatic carbocycles. The van der Waals surface area contributed by atoms with Crippen molar-refractivity contribution >= 4 is 17.4 Å². The zero-order valence-corrected chi connectivity index (χ0v) is 17.0. The van der Waals surface area contributed by atoms with Gasteiger partial charge in [-0.25, -0.2) is 9.78 Å². The second-order valence-electron chi connectivity index (χ2n) is 6.63. The molecule has 27 heavy (non-hydrogen) atoms. The minimum Gasteiger partial charge on any atom is -0.384 e. The summed E-state index contributed by atoms with van der Waals surface area (Å²) in [5, 5.41) is 8.14. The first-order chi connectivity index (χ1) is 13.1. The third kappa shape index (κ3) is 4.84. The molecule has 1 saturated heterocycles. The van der Waals surface area contributed by atoms with Gasteiger partial charge >= 0.3 is 6.03 Å². The Kier molecular flexibility index (Phi) is 6.78. The summed E-state index contributed by atoms with van der Waals surface area (Å²) < 4.78 is 10.5. The fraction of sp³-hybridized carbons (Fsp3) is 0.667. The third-order valence-electron chi connectivity index (χ3n) is 4.70. The van der Waals surface area contributed by atoms with E-state index >= 15 is 0 Å². The van der Waals surface area contributed by atoms with Gasteiger partial charge in [0, 0.05) is 25.0 Å². The Bertz CT molecular complexity index is 760. The van der Waals surface area contributed by atoms with Gasteiger partial charge in [0.25, 0.3) is 0 Å². The average Bonchev–Trinajstić information content (AvgIpc) is 3.30. The molecule has 1 aliphatic rings. The standard InChI is InChI=1S/C18H27N5O3S/c1-4-16-20-12(2)14(27-16)11-19-18(24)23-9-6-5-7-13(23)17-21-15(22-26-17)8-10-25-3/h13H,4-11H2,1-3H3,(H,19,24)/t13-/m1/s1. The number of ether oxygens (including phenoxy) is 1. The quantitative estimate of drug-likeness (QED) is 0.777. The summed E-state index contributed by atoms with van der Waals surface area (Å²) in [5.41, 5.74) is 0.993. The van der Waals surface area contributed by atoms with E-state index in [0.29, 0.717) is 37.8 Å². The van der Waals surface area contributed by atoms with Crippen molar-refractivity contribution in [2.75, 3.05) is 20.3 Å². The summed E-state index contributed by atoms with van der Waals surface area (Å²) in [5.74, 6) is 1.13. The van der Waals surface area contributed by atoms with Crippen LogP contribution in [0.5, 0.6) is 0 Å². The van der Waals surface area contributed by atoms with Gasteiger partial charge in [0.15, 0.2) is 5.82 Å². The molecular weight excluding hydrogens is 366 g/mol. The van der Waals surface area contributed by atoms with Crippen LogP contribution in [0.2, 0.25) is 0 Å². The molecule has 1 aliphatic heterocycles. The molecule has 0 bridgehead atoms. The molecule has 2 aromatic rings. The topological polar surface area (TPSA) is 93.4 Å². The molecule has 0 aliphatic carbocycles. The van der Waals surface area contributed by atoms with Crippen molar-refractivity contribution < 1.29 is 14.1 Å². The number of aryl methyl sites for hydroxylation is 2. The van der Waals surface area contributed by atoms with E-state index in [-0.39, 0.29) is 12.1 Å². The number of likely N-dealkylation sites (tertiary alicyclic amines) is 1. The number of aromatic nitrogens is 3. The lowest BCUT2D eigenvalue weighted by Gasteiger charge is -2.33. The number of methoxy groups -OCH3 is 1. The number of urea groups is 1. The zero-order chi connectivity index (χ0) is 19.2. The summed E-state index contributed by atoms with van der Waals surface area (Å²) in [7, 11) is 1.64. The van der Waals surface area contributed by atoms with E-state index in [9.17, 15) is 4.79 Å². The maximum Gasteiger partial charge on any atom is 0.318 e. The number of hydrogen-bond donors (Lipinski definition) is 1. The van der Waals surface area contributed by atoms with Crippen molar-refractivity contribution in [1.82, 2.24) is 25.3 Å². The van der Waals surface area contributed by atoms with Crippen LogP contribution in [0.1, 0.15) is 59.5 Å². The van der Waals surface area contributed by atoms with Crippen LogP contribution < -0.4 is 5.32 Å². The number of piperidine rings is 1. The van der Waals surface area contributed by atoms with Crippen molar-refractivity contribution in [2.45, 2.75) is 58.5 Å². The Hall–Kier alpha value is -2.00. The lowest BCUT2D eigenvalue weighted by molar-refractivity contribution is 0.131. The molecule has 2 aromatic heterocycles. The second-order valence-corrected chi connectivity index (χ2v) is 7.79. The summed E-state index contributed by atoms with van der Waals surface area (Å²) >= 11 is 1.66. The maximum absolute atomic E-state index is 12.8. The molecule has 1 fully saturated rings. The van der Waals surface area contributed by atoms with Crippen molar-refractivity contribution in [3.8, 4) is 0 Å². The van der Waals surface area contributed by atoms with Gasteiger partial charge in [-0.3, -0.25) is 0 Å². The number of nitrogens with zero attached hydrogens (tertiary/aromatic N) is 4.